The molecular weight excluding hydrogens is 636 g/mol. The molecule has 0 amide bonds. The van der Waals surface area contributed by atoms with Crippen LogP contribution in [0.2, 0.25) is 0 Å². The van der Waals surface area contributed by atoms with Crippen molar-refractivity contribution in [2.45, 2.75) is 252 Å². The van der Waals surface area contributed by atoms with Crippen LogP contribution in [-0.2, 0) is 28.6 Å². The molecule has 0 aromatic carbocycles. The third-order valence-electron chi connectivity index (χ3n) is 10.4. The van der Waals surface area contributed by atoms with Gasteiger partial charge in [-0.25, -0.2) is 0 Å². The first-order chi connectivity index (χ1) is 24.9. The average Bonchev–Trinajstić information content (AvgIpc) is 3.13. The van der Waals surface area contributed by atoms with Gasteiger partial charge in [0.25, 0.3) is 0 Å². The summed E-state index contributed by atoms with van der Waals surface area (Å²) in [6.45, 7) is 8.95. The Morgan fingerprint density at radius 1 is 0.392 bits per heavy atom. The maximum Gasteiger partial charge on any atom is 0.306 e. The highest BCUT2D eigenvalue weighted by atomic mass is 16.6. The van der Waals surface area contributed by atoms with Gasteiger partial charge in [0, 0.05) is 19.3 Å². The summed E-state index contributed by atoms with van der Waals surface area (Å²) in [7, 11) is 0. The van der Waals surface area contributed by atoms with Crippen LogP contribution < -0.4 is 0 Å². The van der Waals surface area contributed by atoms with E-state index in [2.05, 4.69) is 27.7 Å². The molecule has 51 heavy (non-hydrogen) atoms. The number of carbonyl (C=O) groups is 3. The maximum atomic E-state index is 12.7. The number of hydrogen-bond donors (Lipinski definition) is 0. The molecule has 0 N–H and O–H groups in total. The second-order valence-corrected chi connectivity index (χ2v) is 15.6. The number of rotatable bonds is 40. The van der Waals surface area contributed by atoms with E-state index in [1.807, 2.05) is 0 Å². The number of carbonyl (C=O) groups excluding carboxylic acids is 3. The van der Waals surface area contributed by atoms with Crippen molar-refractivity contribution >= 4 is 17.9 Å². The third kappa shape index (κ3) is 38.0. The van der Waals surface area contributed by atoms with Gasteiger partial charge in [-0.3, -0.25) is 14.4 Å². The molecular formula is C45H86O6. The Balaban J connectivity index is 4.34. The van der Waals surface area contributed by atoms with Crippen molar-refractivity contribution < 1.29 is 28.6 Å². The van der Waals surface area contributed by atoms with E-state index < -0.39 is 6.10 Å². The molecule has 6 nitrogen and oxygen atoms in total. The van der Waals surface area contributed by atoms with E-state index in [9.17, 15) is 14.4 Å². The maximum absolute atomic E-state index is 12.7. The first-order valence-electron chi connectivity index (χ1n) is 22.4. The number of esters is 3. The van der Waals surface area contributed by atoms with E-state index in [4.69, 9.17) is 14.2 Å². The molecule has 0 aliphatic carbocycles. The van der Waals surface area contributed by atoms with Crippen LogP contribution in [0.15, 0.2) is 0 Å². The topological polar surface area (TPSA) is 78.9 Å². The molecule has 0 rings (SSSR count). The zero-order valence-corrected chi connectivity index (χ0v) is 34.6. The molecule has 1 unspecified atom stereocenters. The van der Waals surface area contributed by atoms with Gasteiger partial charge in [-0.2, -0.15) is 0 Å². The molecule has 0 fully saturated rings. The van der Waals surface area contributed by atoms with Gasteiger partial charge < -0.3 is 14.2 Å². The summed E-state index contributed by atoms with van der Waals surface area (Å²) >= 11 is 0. The Morgan fingerprint density at radius 2 is 0.686 bits per heavy atom. The number of ether oxygens (including phenoxy) is 3. The molecule has 0 aliphatic rings. The van der Waals surface area contributed by atoms with Crippen molar-refractivity contribution in [3.05, 3.63) is 0 Å². The SMILES string of the molecule is CCCCCCCCCCCCCCC(=O)OC[C@H](COC(=O)CCCCCCCCCCCCC)OC(=O)CCCCCCCCC(C)CC. The van der Waals surface area contributed by atoms with Gasteiger partial charge in [0.05, 0.1) is 0 Å². The Bertz CT molecular complexity index is 768. The summed E-state index contributed by atoms with van der Waals surface area (Å²) < 4.78 is 16.7. The van der Waals surface area contributed by atoms with Crippen LogP contribution >= 0.6 is 0 Å². The van der Waals surface area contributed by atoms with Gasteiger partial charge in [0.1, 0.15) is 13.2 Å². The molecule has 0 heterocycles. The average molecular weight is 723 g/mol. The predicted molar refractivity (Wildman–Crippen MR) is 215 cm³/mol. The van der Waals surface area contributed by atoms with Gasteiger partial charge in [-0.15, -0.1) is 0 Å². The molecule has 0 radical (unpaired) electrons. The van der Waals surface area contributed by atoms with E-state index in [0.717, 1.165) is 63.7 Å². The second-order valence-electron chi connectivity index (χ2n) is 15.6. The highest BCUT2D eigenvalue weighted by Gasteiger charge is 2.19. The minimum absolute atomic E-state index is 0.0647. The van der Waals surface area contributed by atoms with Crippen LogP contribution in [0, 0.1) is 5.92 Å². The molecule has 0 saturated heterocycles. The van der Waals surface area contributed by atoms with Crippen LogP contribution in [0.5, 0.6) is 0 Å². The van der Waals surface area contributed by atoms with Crippen LogP contribution in [0.4, 0.5) is 0 Å². The Kier molecular flexibility index (Phi) is 38.4. The second kappa shape index (κ2) is 39.6. The van der Waals surface area contributed by atoms with E-state index in [-0.39, 0.29) is 31.1 Å². The van der Waals surface area contributed by atoms with E-state index in [1.54, 1.807) is 0 Å². The molecule has 0 aromatic heterocycles. The van der Waals surface area contributed by atoms with Crippen molar-refractivity contribution in [3.8, 4) is 0 Å². The molecule has 302 valence electrons. The minimum atomic E-state index is -0.759. The van der Waals surface area contributed by atoms with Gasteiger partial charge >= 0.3 is 17.9 Å². The molecule has 0 aromatic rings. The lowest BCUT2D eigenvalue weighted by Crippen LogP contribution is -2.30. The van der Waals surface area contributed by atoms with Crippen LogP contribution in [-0.4, -0.2) is 37.2 Å². The first-order valence-corrected chi connectivity index (χ1v) is 22.4. The molecule has 0 spiro atoms. The standard InChI is InChI=1S/C45H86O6/c1-5-8-10-12-14-16-18-20-22-24-29-33-37-44(47)50-40-42(51-45(48)38-34-30-26-25-27-31-35-41(4)7-3)39-49-43(46)36-32-28-23-21-19-17-15-13-11-9-6-2/h41-42H,5-40H2,1-4H3/t41?,42-/m0/s1. The third-order valence-corrected chi connectivity index (χ3v) is 10.4. The zero-order chi connectivity index (χ0) is 37.5. The molecule has 0 bridgehead atoms. The Hall–Kier alpha value is -1.59. The summed E-state index contributed by atoms with van der Waals surface area (Å²) in [4.78, 5) is 37.6. The van der Waals surface area contributed by atoms with Crippen molar-refractivity contribution in [1.29, 1.82) is 0 Å². The fourth-order valence-corrected chi connectivity index (χ4v) is 6.59. The van der Waals surface area contributed by atoms with Crippen molar-refractivity contribution in [1.82, 2.24) is 0 Å². The number of unbranched alkanes of at least 4 members (excludes halogenated alkanes) is 26. The van der Waals surface area contributed by atoms with Crippen LogP contribution in [0.25, 0.3) is 0 Å². The fourth-order valence-electron chi connectivity index (χ4n) is 6.59. The minimum Gasteiger partial charge on any atom is -0.462 e. The lowest BCUT2D eigenvalue weighted by Gasteiger charge is -2.18. The predicted octanol–water partition coefficient (Wildman–Crippen LogP) is 13.9. The monoisotopic (exact) mass is 723 g/mol. The lowest BCUT2D eigenvalue weighted by atomic mass is 10.00. The van der Waals surface area contributed by atoms with Gasteiger partial charge in [0.15, 0.2) is 6.10 Å². The normalized spacial score (nSPS) is 12.5. The van der Waals surface area contributed by atoms with Gasteiger partial charge in [0.2, 0.25) is 0 Å². The molecule has 0 saturated carbocycles. The largest absolute Gasteiger partial charge is 0.462 e. The highest BCUT2D eigenvalue weighted by molar-refractivity contribution is 5.71. The zero-order valence-electron chi connectivity index (χ0n) is 34.6. The van der Waals surface area contributed by atoms with Crippen molar-refractivity contribution in [2.24, 2.45) is 5.92 Å². The first kappa shape index (κ1) is 49.4. The Morgan fingerprint density at radius 3 is 1.02 bits per heavy atom. The highest BCUT2D eigenvalue weighted by Crippen LogP contribution is 2.16. The summed E-state index contributed by atoms with van der Waals surface area (Å²) in [5.74, 6) is -0.0489. The Labute approximate surface area is 317 Å². The summed E-state index contributed by atoms with van der Waals surface area (Å²) in [6.07, 6.45) is 38.0. The van der Waals surface area contributed by atoms with Crippen molar-refractivity contribution in [2.75, 3.05) is 13.2 Å². The quantitative estimate of drug-likeness (QED) is 0.0356. The molecule has 2 atom stereocenters. The van der Waals surface area contributed by atoms with Gasteiger partial charge in [-0.1, -0.05) is 207 Å². The molecule has 0 aliphatic heterocycles. The lowest BCUT2D eigenvalue weighted by molar-refractivity contribution is -0.167. The van der Waals surface area contributed by atoms with Crippen LogP contribution in [0.3, 0.4) is 0 Å². The van der Waals surface area contributed by atoms with Gasteiger partial charge in [-0.05, 0) is 25.2 Å². The van der Waals surface area contributed by atoms with Crippen LogP contribution in [0.1, 0.15) is 246 Å². The van der Waals surface area contributed by atoms with E-state index in [0.29, 0.717) is 19.3 Å². The molecule has 6 heteroatoms. The van der Waals surface area contributed by atoms with E-state index >= 15 is 0 Å². The van der Waals surface area contributed by atoms with Crippen molar-refractivity contribution in [3.63, 3.8) is 0 Å². The smallest absolute Gasteiger partial charge is 0.306 e. The summed E-state index contributed by atoms with van der Waals surface area (Å²) in [6, 6.07) is 0. The number of hydrogen-bond acceptors (Lipinski definition) is 6. The summed E-state index contributed by atoms with van der Waals surface area (Å²) in [5, 5.41) is 0. The van der Waals surface area contributed by atoms with E-state index in [1.165, 1.54) is 141 Å². The fraction of sp³-hybridized carbons (Fsp3) is 0.933. The summed E-state index contributed by atoms with van der Waals surface area (Å²) in [5.41, 5.74) is 0.